The lowest BCUT2D eigenvalue weighted by Crippen LogP contribution is -2.36. The molecule has 31 heavy (non-hydrogen) atoms. The fourth-order valence-corrected chi connectivity index (χ4v) is 4.06. The van der Waals surface area contributed by atoms with Crippen molar-refractivity contribution in [1.29, 1.82) is 0 Å². The lowest BCUT2D eigenvalue weighted by Gasteiger charge is -2.30. The van der Waals surface area contributed by atoms with Crippen LogP contribution >= 0.6 is 0 Å². The Bertz CT molecular complexity index is 1100. The third-order valence-corrected chi connectivity index (χ3v) is 5.48. The molecule has 0 aliphatic carbocycles. The maximum absolute atomic E-state index is 14.4. The van der Waals surface area contributed by atoms with Gasteiger partial charge >= 0.3 is 0 Å². The van der Waals surface area contributed by atoms with E-state index in [4.69, 9.17) is 0 Å². The van der Waals surface area contributed by atoms with Crippen molar-refractivity contribution in [2.75, 3.05) is 11.9 Å². The first kappa shape index (κ1) is 20.8. The summed E-state index contributed by atoms with van der Waals surface area (Å²) < 4.78 is 28.2. The predicted octanol–water partition coefficient (Wildman–Crippen LogP) is 4.04. The minimum Gasteiger partial charge on any atom is -0.353 e. The van der Waals surface area contributed by atoms with Crippen molar-refractivity contribution in [3.63, 3.8) is 0 Å². The molecular formula is C23H23F2N5O. The van der Waals surface area contributed by atoms with Gasteiger partial charge in [0.25, 0.3) is 5.91 Å². The monoisotopic (exact) mass is 423 g/mol. The number of alkyl halides is 1. The number of hydrogen-bond acceptors (Lipinski definition) is 5. The summed E-state index contributed by atoms with van der Waals surface area (Å²) in [6.07, 6.45) is 3.72. The molecule has 2 aromatic heterocycles. The molecule has 0 unspecified atom stereocenters. The van der Waals surface area contributed by atoms with Crippen molar-refractivity contribution in [2.24, 2.45) is 0 Å². The Balaban J connectivity index is 1.55. The van der Waals surface area contributed by atoms with Gasteiger partial charge in [-0.1, -0.05) is 25.1 Å². The predicted molar refractivity (Wildman–Crippen MR) is 114 cm³/mol. The third kappa shape index (κ3) is 4.23. The Hall–Kier alpha value is -3.42. The van der Waals surface area contributed by atoms with Gasteiger partial charge in [0, 0.05) is 42.7 Å². The number of carbonyl (C=O) groups excluding carboxylic acids is 1. The largest absolute Gasteiger partial charge is 0.353 e. The van der Waals surface area contributed by atoms with Crippen LogP contribution in [0.5, 0.6) is 0 Å². The van der Waals surface area contributed by atoms with E-state index < -0.39 is 17.4 Å². The molecule has 2 atom stereocenters. The maximum atomic E-state index is 14.4. The Morgan fingerprint density at radius 3 is 2.68 bits per heavy atom. The summed E-state index contributed by atoms with van der Waals surface area (Å²) in [5.74, 6) is -0.254. The number of carbonyl (C=O) groups is 1. The zero-order valence-corrected chi connectivity index (χ0v) is 17.3. The normalized spacial score (nSPS) is 15.7. The highest BCUT2D eigenvalue weighted by Crippen LogP contribution is 2.31. The van der Waals surface area contributed by atoms with E-state index in [0.29, 0.717) is 18.1 Å². The van der Waals surface area contributed by atoms with Gasteiger partial charge in [-0.15, -0.1) is 0 Å². The first-order valence-electron chi connectivity index (χ1n) is 10.1. The van der Waals surface area contributed by atoms with Crippen molar-refractivity contribution in [1.82, 2.24) is 20.3 Å². The summed E-state index contributed by atoms with van der Waals surface area (Å²) in [6, 6.07) is 8.50. The fraction of sp³-hybridized carbons (Fsp3) is 0.304. The summed E-state index contributed by atoms with van der Waals surface area (Å²) in [7, 11) is 0. The van der Waals surface area contributed by atoms with Crippen LogP contribution in [0.1, 0.15) is 41.9 Å². The van der Waals surface area contributed by atoms with Crippen molar-refractivity contribution in [3.8, 4) is 11.1 Å². The molecule has 3 heterocycles. The Kier molecular flexibility index (Phi) is 5.63. The maximum Gasteiger partial charge on any atom is 0.252 e. The van der Waals surface area contributed by atoms with Gasteiger partial charge in [-0.25, -0.2) is 18.7 Å². The zero-order chi connectivity index (χ0) is 22.0. The lowest BCUT2D eigenvalue weighted by atomic mass is 9.81. The summed E-state index contributed by atoms with van der Waals surface area (Å²) in [5.41, 5.74) is 2.38. The number of nitrogens with zero attached hydrogens (tertiary/aromatic N) is 3. The van der Waals surface area contributed by atoms with Gasteiger partial charge in [0.1, 0.15) is 5.82 Å². The van der Waals surface area contributed by atoms with E-state index in [2.05, 4.69) is 25.6 Å². The van der Waals surface area contributed by atoms with Gasteiger partial charge in [-0.3, -0.25) is 9.78 Å². The van der Waals surface area contributed by atoms with Gasteiger partial charge in [-0.2, -0.15) is 0 Å². The van der Waals surface area contributed by atoms with Crippen molar-refractivity contribution in [3.05, 3.63) is 71.6 Å². The van der Waals surface area contributed by atoms with Gasteiger partial charge in [0.15, 0.2) is 0 Å². The molecule has 0 saturated carbocycles. The van der Waals surface area contributed by atoms with Gasteiger partial charge < -0.3 is 10.6 Å². The molecule has 3 aromatic rings. The molecule has 8 heteroatoms. The van der Waals surface area contributed by atoms with E-state index in [1.54, 1.807) is 19.3 Å². The average Bonchev–Trinajstić information content (AvgIpc) is 3.14. The Morgan fingerprint density at radius 1 is 1.19 bits per heavy atom. The number of hydrogen-bond donors (Lipinski definition) is 2. The van der Waals surface area contributed by atoms with Crippen LogP contribution in [0.2, 0.25) is 0 Å². The summed E-state index contributed by atoms with van der Waals surface area (Å²) >= 11 is 0. The second-order valence-corrected chi connectivity index (χ2v) is 8.05. The van der Waals surface area contributed by atoms with Crippen LogP contribution in [0, 0.1) is 5.82 Å². The van der Waals surface area contributed by atoms with E-state index >= 15 is 0 Å². The van der Waals surface area contributed by atoms with E-state index in [-0.39, 0.29) is 24.6 Å². The zero-order valence-electron chi connectivity index (χ0n) is 17.3. The van der Waals surface area contributed by atoms with E-state index in [9.17, 15) is 13.6 Å². The highest BCUT2D eigenvalue weighted by molar-refractivity contribution is 6.04. The molecule has 4 rings (SSSR count). The number of rotatable bonds is 7. The molecule has 0 spiro atoms. The summed E-state index contributed by atoms with van der Waals surface area (Å²) in [6.45, 7) is 3.93. The molecule has 1 amide bonds. The molecule has 1 aliphatic rings. The van der Waals surface area contributed by atoms with Crippen LogP contribution in [-0.4, -0.2) is 33.6 Å². The molecule has 1 aromatic carbocycles. The minimum atomic E-state index is -1.14. The average molecular weight is 423 g/mol. The van der Waals surface area contributed by atoms with Crippen LogP contribution in [0.3, 0.4) is 0 Å². The number of aromatic nitrogens is 3. The number of benzene rings is 1. The second-order valence-electron chi connectivity index (χ2n) is 8.05. The van der Waals surface area contributed by atoms with Gasteiger partial charge in [-0.05, 0) is 36.6 Å². The number of halogens is 2. The molecule has 0 saturated heterocycles. The molecule has 160 valence electrons. The number of fused-ring (bicyclic) bond motifs is 1. The van der Waals surface area contributed by atoms with Gasteiger partial charge in [0.2, 0.25) is 5.95 Å². The van der Waals surface area contributed by atoms with Crippen LogP contribution in [0.25, 0.3) is 11.1 Å². The molecule has 0 bridgehead atoms. The fourth-order valence-electron chi connectivity index (χ4n) is 4.06. The molecule has 0 radical (unpaired) electrons. The Morgan fingerprint density at radius 2 is 1.97 bits per heavy atom. The lowest BCUT2D eigenvalue weighted by molar-refractivity contribution is 0.0966. The molecule has 1 aliphatic heterocycles. The SMILES string of the molecule is C[C@@H](F)C[C@](C)(CNc1ncc(-c2cccc3c2C(=O)NC3)cn1)c1ncccc1F. The quantitative estimate of drug-likeness (QED) is 0.600. The van der Waals surface area contributed by atoms with Gasteiger partial charge in [0.05, 0.1) is 17.4 Å². The number of amides is 1. The van der Waals surface area contributed by atoms with Crippen molar-refractivity contribution >= 4 is 11.9 Å². The standard InChI is InChI=1S/C23H23F2N5O/c1-14(24)9-23(2,20-18(25)7-4-8-26-20)13-30-22-28-11-16(12-29-22)17-6-3-5-15-10-27-21(31)19(15)17/h3-8,11-12,14H,9-10,13H2,1-2H3,(H,27,31)(H,28,29,30)/t14-,23-/m1/s1. The van der Waals surface area contributed by atoms with Crippen LogP contribution in [0.4, 0.5) is 14.7 Å². The first-order chi connectivity index (χ1) is 14.9. The molecule has 6 nitrogen and oxygen atoms in total. The first-order valence-corrected chi connectivity index (χ1v) is 10.1. The molecule has 2 N–H and O–H groups in total. The summed E-state index contributed by atoms with van der Waals surface area (Å²) in [4.78, 5) is 25.0. The number of nitrogens with one attached hydrogen (secondary N) is 2. The van der Waals surface area contributed by atoms with Crippen molar-refractivity contribution in [2.45, 2.75) is 38.4 Å². The molecule has 0 fully saturated rings. The minimum absolute atomic E-state index is 0.0945. The molecular weight excluding hydrogens is 400 g/mol. The highest BCUT2D eigenvalue weighted by atomic mass is 19.1. The summed E-state index contributed by atoms with van der Waals surface area (Å²) in [5, 5.41) is 5.90. The Labute approximate surface area is 179 Å². The van der Waals surface area contributed by atoms with E-state index in [1.807, 2.05) is 18.2 Å². The highest BCUT2D eigenvalue weighted by Gasteiger charge is 2.33. The van der Waals surface area contributed by atoms with Crippen LogP contribution in [0.15, 0.2) is 48.9 Å². The van der Waals surface area contributed by atoms with E-state index in [0.717, 1.165) is 16.7 Å². The number of pyridine rings is 1. The smallest absolute Gasteiger partial charge is 0.252 e. The van der Waals surface area contributed by atoms with Crippen LogP contribution in [-0.2, 0) is 12.0 Å². The van der Waals surface area contributed by atoms with E-state index in [1.165, 1.54) is 25.3 Å². The third-order valence-electron chi connectivity index (χ3n) is 5.48. The van der Waals surface area contributed by atoms with Crippen molar-refractivity contribution < 1.29 is 13.6 Å². The second kappa shape index (κ2) is 8.37. The van der Waals surface area contributed by atoms with Crippen LogP contribution < -0.4 is 10.6 Å². The topological polar surface area (TPSA) is 79.8 Å². The number of anilines is 1.